The molecular formula is C11H10N4S. The Morgan fingerprint density at radius 2 is 2.06 bits per heavy atom. The van der Waals surface area contributed by atoms with Crippen LogP contribution in [0.4, 0.5) is 0 Å². The summed E-state index contributed by atoms with van der Waals surface area (Å²) < 4.78 is 4.46. The van der Waals surface area contributed by atoms with E-state index in [1.54, 1.807) is 0 Å². The molecule has 4 nitrogen and oxygen atoms in total. The third kappa shape index (κ3) is 1.29. The molecule has 5 heteroatoms. The van der Waals surface area contributed by atoms with Gasteiger partial charge in [0.1, 0.15) is 0 Å². The van der Waals surface area contributed by atoms with E-state index in [4.69, 9.17) is 12.2 Å². The van der Waals surface area contributed by atoms with E-state index >= 15 is 0 Å². The van der Waals surface area contributed by atoms with Gasteiger partial charge in [-0.2, -0.15) is 0 Å². The zero-order chi connectivity index (χ0) is 11.1. The van der Waals surface area contributed by atoms with Crippen molar-refractivity contribution in [1.29, 1.82) is 0 Å². The quantitative estimate of drug-likeness (QED) is 0.652. The molecule has 2 aromatic heterocycles. The molecule has 0 unspecified atom stereocenters. The van der Waals surface area contributed by atoms with Crippen molar-refractivity contribution in [2.45, 2.75) is 0 Å². The lowest BCUT2D eigenvalue weighted by Crippen LogP contribution is -1.96. The monoisotopic (exact) mass is 230 g/mol. The molecule has 3 aromatic rings. The summed E-state index contributed by atoms with van der Waals surface area (Å²) in [7, 11) is 1.92. The molecule has 0 fully saturated rings. The Kier molecular flexibility index (Phi) is 1.94. The molecule has 1 aromatic carbocycles. The van der Waals surface area contributed by atoms with Crippen LogP contribution in [0.25, 0.3) is 17.0 Å². The summed E-state index contributed by atoms with van der Waals surface area (Å²) >= 11 is 5.28. The maximum Gasteiger partial charge on any atom is 0.214 e. The number of aromatic nitrogens is 4. The fraction of sp³-hybridized carbons (Fsp3) is 0.0909. The maximum absolute atomic E-state index is 5.28. The number of nitrogens with zero attached hydrogens (tertiary/aromatic N) is 3. The molecule has 0 atom stereocenters. The molecule has 0 aliphatic heterocycles. The number of rotatable bonds is 1. The summed E-state index contributed by atoms with van der Waals surface area (Å²) in [6.07, 6.45) is 3.82. The lowest BCUT2D eigenvalue weighted by Gasteiger charge is -1.95. The largest absolute Gasteiger partial charge is 0.326 e. The molecule has 16 heavy (non-hydrogen) atoms. The molecule has 0 radical (unpaired) electrons. The van der Waals surface area contributed by atoms with Gasteiger partial charge in [0.05, 0.1) is 11.0 Å². The molecule has 3 rings (SSSR count). The van der Waals surface area contributed by atoms with E-state index in [-0.39, 0.29) is 0 Å². The van der Waals surface area contributed by atoms with E-state index in [1.165, 1.54) is 0 Å². The third-order valence-corrected chi connectivity index (χ3v) is 3.04. The summed E-state index contributed by atoms with van der Waals surface area (Å²) in [5.74, 6) is 0.756. The van der Waals surface area contributed by atoms with Crippen molar-refractivity contribution >= 4 is 23.3 Å². The smallest absolute Gasteiger partial charge is 0.214 e. The number of benzene rings is 1. The zero-order valence-electron chi connectivity index (χ0n) is 8.71. The van der Waals surface area contributed by atoms with Crippen LogP contribution in [-0.4, -0.2) is 19.1 Å². The molecule has 2 heterocycles. The second kappa shape index (κ2) is 3.31. The second-order valence-electron chi connectivity index (χ2n) is 3.64. The number of imidazole rings is 2. The van der Waals surface area contributed by atoms with Crippen molar-refractivity contribution in [2.24, 2.45) is 7.05 Å². The van der Waals surface area contributed by atoms with Gasteiger partial charge in [0.2, 0.25) is 5.95 Å². The number of aryl methyl sites for hydroxylation is 1. The van der Waals surface area contributed by atoms with Crippen molar-refractivity contribution in [3.05, 3.63) is 41.4 Å². The van der Waals surface area contributed by atoms with E-state index in [9.17, 15) is 0 Å². The van der Waals surface area contributed by atoms with Crippen LogP contribution >= 0.6 is 12.2 Å². The molecule has 0 saturated heterocycles. The van der Waals surface area contributed by atoms with Gasteiger partial charge in [-0.1, -0.05) is 12.1 Å². The average Bonchev–Trinajstić information content (AvgIpc) is 2.84. The normalized spacial score (nSPS) is 11.1. The number of H-pyrrole nitrogens is 1. The highest BCUT2D eigenvalue weighted by Gasteiger charge is 2.05. The molecule has 0 amide bonds. The van der Waals surface area contributed by atoms with Crippen LogP contribution < -0.4 is 0 Å². The third-order valence-electron chi connectivity index (χ3n) is 2.55. The van der Waals surface area contributed by atoms with Gasteiger partial charge in [0.25, 0.3) is 0 Å². The Balaban J connectivity index is 2.27. The van der Waals surface area contributed by atoms with Crippen molar-refractivity contribution in [2.75, 3.05) is 0 Å². The standard InChI is InChI=1S/C11H10N4S/c1-14-6-7-15(11(14)16)10-12-8-4-2-3-5-9(8)13-10/h2-7H,1H3,(H,12,13). The van der Waals surface area contributed by atoms with Crippen LogP contribution in [0.15, 0.2) is 36.7 Å². The van der Waals surface area contributed by atoms with Gasteiger partial charge < -0.3 is 9.55 Å². The lowest BCUT2D eigenvalue weighted by molar-refractivity contribution is 0.844. The van der Waals surface area contributed by atoms with Gasteiger partial charge in [-0.3, -0.25) is 4.57 Å². The number of nitrogens with one attached hydrogen (secondary N) is 1. The fourth-order valence-electron chi connectivity index (χ4n) is 1.68. The number of hydrogen-bond acceptors (Lipinski definition) is 2. The highest BCUT2D eigenvalue weighted by atomic mass is 32.1. The van der Waals surface area contributed by atoms with Gasteiger partial charge in [0, 0.05) is 19.4 Å². The van der Waals surface area contributed by atoms with E-state index in [2.05, 4.69) is 9.97 Å². The van der Waals surface area contributed by atoms with E-state index in [0.717, 1.165) is 21.8 Å². The number of hydrogen-bond donors (Lipinski definition) is 1. The zero-order valence-corrected chi connectivity index (χ0v) is 9.53. The first-order chi connectivity index (χ1) is 7.75. The summed E-state index contributed by atoms with van der Waals surface area (Å²) in [5.41, 5.74) is 1.96. The number of fused-ring (bicyclic) bond motifs is 1. The predicted molar refractivity (Wildman–Crippen MR) is 65.2 cm³/mol. The molecule has 1 N–H and O–H groups in total. The molecule has 0 bridgehead atoms. The Bertz CT molecular complexity index is 671. The fourth-order valence-corrected chi connectivity index (χ4v) is 1.89. The lowest BCUT2D eigenvalue weighted by atomic mass is 10.3. The van der Waals surface area contributed by atoms with Crippen molar-refractivity contribution in [3.63, 3.8) is 0 Å². The van der Waals surface area contributed by atoms with Crippen LogP contribution in [0.3, 0.4) is 0 Å². The number of aromatic amines is 1. The maximum atomic E-state index is 5.28. The molecule has 0 spiro atoms. The first kappa shape index (κ1) is 9.35. The SMILES string of the molecule is Cn1ccn(-c2nc3ccccc3[nH]2)c1=S. The minimum atomic E-state index is 0.721. The molecule has 0 aliphatic carbocycles. The minimum absolute atomic E-state index is 0.721. The van der Waals surface area contributed by atoms with E-state index < -0.39 is 0 Å². The van der Waals surface area contributed by atoms with Gasteiger partial charge >= 0.3 is 0 Å². The Labute approximate surface area is 97.2 Å². The Hall–Kier alpha value is -1.88. The summed E-state index contributed by atoms with van der Waals surface area (Å²) in [6.45, 7) is 0. The second-order valence-corrected chi connectivity index (χ2v) is 4.00. The van der Waals surface area contributed by atoms with Crippen LogP contribution in [0.5, 0.6) is 0 Å². The van der Waals surface area contributed by atoms with E-state index in [0.29, 0.717) is 0 Å². The molecule has 0 aliphatic rings. The first-order valence-corrected chi connectivity index (χ1v) is 5.35. The van der Waals surface area contributed by atoms with Crippen LogP contribution in [-0.2, 0) is 7.05 Å². The topological polar surface area (TPSA) is 38.5 Å². The molecule has 80 valence electrons. The van der Waals surface area contributed by atoms with Gasteiger partial charge in [-0.15, -0.1) is 0 Å². The van der Waals surface area contributed by atoms with Crippen molar-refractivity contribution in [1.82, 2.24) is 19.1 Å². The molecular weight excluding hydrogens is 220 g/mol. The Morgan fingerprint density at radius 1 is 1.25 bits per heavy atom. The number of para-hydroxylation sites is 2. The highest BCUT2D eigenvalue weighted by molar-refractivity contribution is 7.71. The van der Waals surface area contributed by atoms with Crippen molar-refractivity contribution < 1.29 is 0 Å². The van der Waals surface area contributed by atoms with Gasteiger partial charge in [-0.25, -0.2) is 4.98 Å². The predicted octanol–water partition coefficient (Wildman–Crippen LogP) is 2.42. The van der Waals surface area contributed by atoms with Crippen LogP contribution in [0, 0.1) is 4.77 Å². The first-order valence-electron chi connectivity index (χ1n) is 4.95. The van der Waals surface area contributed by atoms with Gasteiger partial charge in [0.15, 0.2) is 4.77 Å². The summed E-state index contributed by atoms with van der Waals surface area (Å²) in [4.78, 5) is 7.72. The minimum Gasteiger partial charge on any atom is -0.326 e. The van der Waals surface area contributed by atoms with Crippen LogP contribution in [0.1, 0.15) is 0 Å². The molecule has 0 saturated carbocycles. The van der Waals surface area contributed by atoms with Gasteiger partial charge in [-0.05, 0) is 24.4 Å². The summed E-state index contributed by atoms with van der Waals surface area (Å²) in [5, 5.41) is 0. The van der Waals surface area contributed by atoms with Crippen LogP contribution in [0.2, 0.25) is 0 Å². The average molecular weight is 230 g/mol. The Morgan fingerprint density at radius 3 is 2.75 bits per heavy atom. The summed E-state index contributed by atoms with van der Waals surface area (Å²) in [6, 6.07) is 7.92. The van der Waals surface area contributed by atoms with E-state index in [1.807, 2.05) is 52.8 Å². The van der Waals surface area contributed by atoms with Crippen molar-refractivity contribution in [3.8, 4) is 5.95 Å². The highest BCUT2D eigenvalue weighted by Crippen LogP contribution is 2.13.